The molecule has 0 heterocycles. The summed E-state index contributed by atoms with van der Waals surface area (Å²) in [5.74, 6) is 0. The highest BCUT2D eigenvalue weighted by Crippen LogP contribution is 2.34. The number of rotatable bonds is 5. The molecule has 0 spiro atoms. The van der Waals surface area contributed by atoms with E-state index in [1.807, 2.05) is 18.7 Å². The quantitative estimate of drug-likeness (QED) is 0.832. The summed E-state index contributed by atoms with van der Waals surface area (Å²) in [6, 6.07) is 5.32. The summed E-state index contributed by atoms with van der Waals surface area (Å²) in [6.07, 6.45) is -4.52. The molecule has 1 rings (SSSR count). The molecule has 110 valence electrons. The number of benzene rings is 1. The van der Waals surface area contributed by atoms with Gasteiger partial charge in [0, 0.05) is 25.4 Å². The van der Waals surface area contributed by atoms with Gasteiger partial charge >= 0.3 is 6.18 Å². The Hall–Kier alpha value is -1.74. The van der Waals surface area contributed by atoms with Gasteiger partial charge in [-0.05, 0) is 32.0 Å². The Bertz CT molecular complexity index is 492. The molecular formula is C14H17F3N2O. The van der Waals surface area contributed by atoms with Gasteiger partial charge in [-0.3, -0.25) is 0 Å². The molecule has 0 aliphatic heterocycles. The first-order valence-corrected chi connectivity index (χ1v) is 6.18. The van der Waals surface area contributed by atoms with Gasteiger partial charge in [0.25, 0.3) is 0 Å². The summed E-state index contributed by atoms with van der Waals surface area (Å²) in [7, 11) is 1.56. The van der Waals surface area contributed by atoms with E-state index in [9.17, 15) is 13.2 Å². The predicted molar refractivity (Wildman–Crippen MR) is 70.5 cm³/mol. The second-order valence-electron chi connectivity index (χ2n) is 4.62. The van der Waals surface area contributed by atoms with E-state index >= 15 is 0 Å². The number of ether oxygens (including phenoxy) is 1. The van der Waals surface area contributed by atoms with Gasteiger partial charge in [0.15, 0.2) is 0 Å². The molecule has 0 fully saturated rings. The van der Waals surface area contributed by atoms with Crippen molar-refractivity contribution in [3.63, 3.8) is 0 Å². The lowest BCUT2D eigenvalue weighted by Gasteiger charge is -2.29. The summed E-state index contributed by atoms with van der Waals surface area (Å²) in [6.45, 7) is 4.87. The largest absolute Gasteiger partial charge is 0.417 e. The third-order valence-corrected chi connectivity index (χ3v) is 2.92. The first-order chi connectivity index (χ1) is 9.31. The molecule has 0 aliphatic carbocycles. The first-order valence-electron chi connectivity index (χ1n) is 6.18. The van der Waals surface area contributed by atoms with Crippen LogP contribution in [0.15, 0.2) is 18.2 Å². The Morgan fingerprint density at radius 2 is 2.00 bits per heavy atom. The Balaban J connectivity index is 3.17. The zero-order valence-corrected chi connectivity index (χ0v) is 11.7. The van der Waals surface area contributed by atoms with Gasteiger partial charge in [-0.2, -0.15) is 18.4 Å². The van der Waals surface area contributed by atoms with Gasteiger partial charge < -0.3 is 9.64 Å². The number of nitriles is 1. The Labute approximate surface area is 116 Å². The number of nitrogens with zero attached hydrogens (tertiary/aromatic N) is 2. The van der Waals surface area contributed by atoms with Crippen molar-refractivity contribution in [3.8, 4) is 6.07 Å². The number of alkyl halides is 3. The summed E-state index contributed by atoms with van der Waals surface area (Å²) >= 11 is 0. The standard InChI is InChI=1S/C14H17F3N2O/c1-10(2)19(6-7-20-3)12-4-5-13(14(15,16)17)11(8-12)9-18/h4-5,8,10H,6-7H2,1-3H3. The highest BCUT2D eigenvalue weighted by atomic mass is 19.4. The van der Waals surface area contributed by atoms with Gasteiger partial charge in [-0.15, -0.1) is 0 Å². The van der Waals surface area contributed by atoms with Crippen LogP contribution in [0.5, 0.6) is 0 Å². The summed E-state index contributed by atoms with van der Waals surface area (Å²) in [5, 5.41) is 8.91. The molecule has 0 N–H and O–H groups in total. The fraction of sp³-hybridized carbons (Fsp3) is 0.500. The summed E-state index contributed by atoms with van der Waals surface area (Å²) in [4.78, 5) is 1.89. The van der Waals surface area contributed by atoms with Crippen LogP contribution >= 0.6 is 0 Å². The Morgan fingerprint density at radius 3 is 2.45 bits per heavy atom. The van der Waals surface area contributed by atoms with E-state index in [4.69, 9.17) is 10.00 Å². The predicted octanol–water partition coefficient (Wildman–Crippen LogP) is 3.44. The zero-order valence-electron chi connectivity index (χ0n) is 11.7. The minimum atomic E-state index is -4.52. The fourth-order valence-electron chi connectivity index (χ4n) is 1.93. The van der Waals surface area contributed by atoms with Crippen molar-refractivity contribution < 1.29 is 17.9 Å². The van der Waals surface area contributed by atoms with Crippen molar-refractivity contribution in [2.45, 2.75) is 26.1 Å². The minimum absolute atomic E-state index is 0.0911. The molecule has 0 unspecified atom stereocenters. The van der Waals surface area contributed by atoms with Gasteiger partial charge in [-0.1, -0.05) is 0 Å². The van der Waals surface area contributed by atoms with E-state index < -0.39 is 11.7 Å². The van der Waals surface area contributed by atoms with Crippen LogP contribution in [0.1, 0.15) is 25.0 Å². The van der Waals surface area contributed by atoms with Crippen LogP contribution in [0.4, 0.5) is 18.9 Å². The first kappa shape index (κ1) is 16.3. The van der Waals surface area contributed by atoms with Crippen LogP contribution < -0.4 is 4.90 Å². The summed E-state index contributed by atoms with van der Waals surface area (Å²) in [5.41, 5.74) is -0.682. The minimum Gasteiger partial charge on any atom is -0.383 e. The van der Waals surface area contributed by atoms with E-state index in [0.29, 0.717) is 18.8 Å². The van der Waals surface area contributed by atoms with E-state index in [0.717, 1.165) is 6.07 Å². The lowest BCUT2D eigenvalue weighted by Crippen LogP contribution is -2.33. The molecule has 6 heteroatoms. The Morgan fingerprint density at radius 1 is 1.35 bits per heavy atom. The van der Waals surface area contributed by atoms with Crippen molar-refractivity contribution in [2.75, 3.05) is 25.2 Å². The molecule has 0 radical (unpaired) electrons. The lowest BCUT2D eigenvalue weighted by atomic mass is 10.1. The van der Waals surface area contributed by atoms with Crippen molar-refractivity contribution in [2.24, 2.45) is 0 Å². The molecule has 1 aromatic carbocycles. The molecular weight excluding hydrogens is 269 g/mol. The molecule has 0 amide bonds. The molecule has 1 aromatic rings. The van der Waals surface area contributed by atoms with Crippen LogP contribution in [0.2, 0.25) is 0 Å². The van der Waals surface area contributed by atoms with E-state index in [1.165, 1.54) is 12.1 Å². The molecule has 0 aromatic heterocycles. The van der Waals surface area contributed by atoms with Crippen molar-refractivity contribution >= 4 is 5.69 Å². The second-order valence-corrected chi connectivity index (χ2v) is 4.62. The zero-order chi connectivity index (χ0) is 15.3. The smallest absolute Gasteiger partial charge is 0.383 e. The van der Waals surface area contributed by atoms with Crippen LogP contribution in [-0.2, 0) is 10.9 Å². The SMILES string of the molecule is COCCN(c1ccc(C(F)(F)F)c(C#N)c1)C(C)C. The third kappa shape index (κ3) is 3.87. The lowest BCUT2D eigenvalue weighted by molar-refractivity contribution is -0.137. The maximum Gasteiger partial charge on any atom is 0.417 e. The van der Waals surface area contributed by atoms with Crippen molar-refractivity contribution in [3.05, 3.63) is 29.3 Å². The summed E-state index contributed by atoms with van der Waals surface area (Å²) < 4.78 is 43.2. The average molecular weight is 286 g/mol. The number of methoxy groups -OCH3 is 1. The molecule has 0 atom stereocenters. The van der Waals surface area contributed by atoms with Crippen LogP contribution in [-0.4, -0.2) is 26.3 Å². The molecule has 0 aliphatic rings. The van der Waals surface area contributed by atoms with E-state index in [2.05, 4.69) is 0 Å². The molecule has 20 heavy (non-hydrogen) atoms. The number of halogens is 3. The number of anilines is 1. The van der Waals surface area contributed by atoms with Gasteiger partial charge in [0.05, 0.1) is 23.8 Å². The maximum absolute atomic E-state index is 12.7. The molecule has 0 saturated carbocycles. The number of hydrogen-bond donors (Lipinski definition) is 0. The van der Waals surface area contributed by atoms with Gasteiger partial charge in [-0.25, -0.2) is 0 Å². The van der Waals surface area contributed by atoms with E-state index in [1.54, 1.807) is 13.2 Å². The monoisotopic (exact) mass is 286 g/mol. The fourth-order valence-corrected chi connectivity index (χ4v) is 1.93. The van der Waals surface area contributed by atoms with Crippen LogP contribution in [0, 0.1) is 11.3 Å². The average Bonchev–Trinajstić information content (AvgIpc) is 2.37. The van der Waals surface area contributed by atoms with E-state index in [-0.39, 0.29) is 11.6 Å². The van der Waals surface area contributed by atoms with Crippen molar-refractivity contribution in [1.82, 2.24) is 0 Å². The van der Waals surface area contributed by atoms with Crippen LogP contribution in [0.3, 0.4) is 0 Å². The topological polar surface area (TPSA) is 36.3 Å². The maximum atomic E-state index is 12.7. The van der Waals surface area contributed by atoms with Crippen molar-refractivity contribution in [1.29, 1.82) is 5.26 Å². The third-order valence-electron chi connectivity index (χ3n) is 2.92. The Kier molecular flexibility index (Phi) is 5.40. The highest BCUT2D eigenvalue weighted by molar-refractivity contribution is 5.55. The molecule has 0 saturated heterocycles. The molecule has 0 bridgehead atoms. The number of hydrogen-bond acceptors (Lipinski definition) is 3. The second kappa shape index (κ2) is 6.62. The molecule has 3 nitrogen and oxygen atoms in total. The van der Waals surface area contributed by atoms with Crippen LogP contribution in [0.25, 0.3) is 0 Å². The highest BCUT2D eigenvalue weighted by Gasteiger charge is 2.33. The van der Waals surface area contributed by atoms with Gasteiger partial charge in [0.2, 0.25) is 0 Å². The van der Waals surface area contributed by atoms with Gasteiger partial charge in [0.1, 0.15) is 0 Å². The normalized spacial score (nSPS) is 11.5.